The molecule has 0 bridgehead atoms. The number of ether oxygens (including phenoxy) is 2. The second kappa shape index (κ2) is 8.24. The molecule has 6 aromatic rings. The molecule has 0 atom stereocenters. The Kier molecular flexibility index (Phi) is 4.92. The molecule has 0 unspecified atom stereocenters. The van der Waals surface area contributed by atoms with Crippen LogP contribution in [0.5, 0.6) is 11.5 Å². The summed E-state index contributed by atoms with van der Waals surface area (Å²) in [6, 6.07) is 38.8. The van der Waals surface area contributed by atoms with Crippen molar-refractivity contribution >= 4 is 32.3 Å². The van der Waals surface area contributed by atoms with Crippen LogP contribution in [0, 0.1) is 0 Å². The molecule has 0 N–H and O–H groups in total. The Morgan fingerprint density at radius 2 is 0.824 bits per heavy atom. The normalized spacial score (nSPS) is 11.2. The summed E-state index contributed by atoms with van der Waals surface area (Å²) < 4.78 is 10.7. The van der Waals surface area contributed by atoms with Gasteiger partial charge in [0.15, 0.2) is 0 Å². The number of rotatable bonds is 4. The van der Waals surface area contributed by atoms with E-state index in [1.807, 2.05) is 24.3 Å². The van der Waals surface area contributed by atoms with Crippen LogP contribution in [0.2, 0.25) is 0 Å². The van der Waals surface area contributed by atoms with Crippen LogP contribution in [0.1, 0.15) is 0 Å². The molecule has 0 aliphatic carbocycles. The molecule has 2 nitrogen and oxygen atoms in total. The van der Waals surface area contributed by atoms with E-state index >= 15 is 0 Å². The zero-order chi connectivity index (χ0) is 23.1. The van der Waals surface area contributed by atoms with Gasteiger partial charge >= 0.3 is 0 Å². The molecule has 2 heteroatoms. The minimum absolute atomic E-state index is 0.865. The lowest BCUT2D eigenvalue weighted by Crippen LogP contribution is -1.88. The summed E-state index contributed by atoms with van der Waals surface area (Å²) in [6.07, 6.45) is 0. The predicted octanol–water partition coefficient (Wildman–Crippen LogP) is 8.50. The van der Waals surface area contributed by atoms with E-state index in [1.165, 1.54) is 54.6 Å². The largest absolute Gasteiger partial charge is 0.497 e. The Balaban J connectivity index is 1.67. The number of hydrogen-bond donors (Lipinski definition) is 0. The number of fused-ring (bicyclic) bond motifs is 5. The summed E-state index contributed by atoms with van der Waals surface area (Å²) in [5, 5.41) is 7.55. The maximum atomic E-state index is 5.37. The van der Waals surface area contributed by atoms with Crippen LogP contribution in [0.4, 0.5) is 0 Å². The molecule has 6 aromatic carbocycles. The van der Waals surface area contributed by atoms with Crippen LogP contribution in [0.15, 0.2) is 109 Å². The minimum Gasteiger partial charge on any atom is -0.497 e. The Labute approximate surface area is 199 Å². The van der Waals surface area contributed by atoms with Gasteiger partial charge in [-0.15, -0.1) is 0 Å². The van der Waals surface area contributed by atoms with Gasteiger partial charge in [0.05, 0.1) is 14.2 Å². The third-order valence-corrected chi connectivity index (χ3v) is 6.68. The molecule has 0 saturated carbocycles. The van der Waals surface area contributed by atoms with Crippen LogP contribution in [-0.4, -0.2) is 14.2 Å². The minimum atomic E-state index is 0.865. The Bertz CT molecular complexity index is 1520. The summed E-state index contributed by atoms with van der Waals surface area (Å²) in [6.45, 7) is 0. The van der Waals surface area contributed by atoms with Gasteiger partial charge in [0.25, 0.3) is 0 Å². The topological polar surface area (TPSA) is 18.5 Å². The summed E-state index contributed by atoms with van der Waals surface area (Å²) in [5.74, 6) is 1.73. The van der Waals surface area contributed by atoms with Crippen molar-refractivity contribution < 1.29 is 9.47 Å². The molecular weight excluding hydrogens is 416 g/mol. The third-order valence-electron chi connectivity index (χ3n) is 6.68. The van der Waals surface area contributed by atoms with Crippen LogP contribution in [0.25, 0.3) is 54.6 Å². The lowest BCUT2D eigenvalue weighted by molar-refractivity contribution is 0.415. The average Bonchev–Trinajstić information content (AvgIpc) is 2.92. The van der Waals surface area contributed by atoms with Crippen molar-refractivity contribution in [1.29, 1.82) is 0 Å². The molecule has 164 valence electrons. The number of hydrogen-bond acceptors (Lipinski definition) is 2. The molecule has 0 radical (unpaired) electrons. The van der Waals surface area contributed by atoms with Crippen molar-refractivity contribution in [1.82, 2.24) is 0 Å². The lowest BCUT2D eigenvalue weighted by atomic mass is 9.89. The number of benzene rings is 6. The summed E-state index contributed by atoms with van der Waals surface area (Å²) in [4.78, 5) is 0. The second-order valence-corrected chi connectivity index (χ2v) is 8.49. The standard InChI is InChI=1S/C32H24O2/c1-33-25-15-9-21(10-16-25)27-7-3-5-23-13-20-30-29(31(23)27)19-14-24-6-4-8-28(32(24)30)22-11-17-26(34-2)18-12-22/h3-20H,1-2H3. The molecule has 34 heavy (non-hydrogen) atoms. The molecule has 6 rings (SSSR count). The fraction of sp³-hybridized carbons (Fsp3) is 0.0625. The van der Waals surface area contributed by atoms with Gasteiger partial charge in [-0.05, 0) is 78.8 Å². The maximum Gasteiger partial charge on any atom is 0.118 e. The SMILES string of the molecule is COc1ccc(-c2cccc3ccc4c(ccc5cccc(-c6ccc(OC)cc6)c54)c23)cc1. The Morgan fingerprint density at radius 3 is 1.21 bits per heavy atom. The first-order chi connectivity index (χ1) is 16.8. The Morgan fingerprint density at radius 1 is 0.412 bits per heavy atom. The van der Waals surface area contributed by atoms with E-state index in [0.29, 0.717) is 0 Å². The summed E-state index contributed by atoms with van der Waals surface area (Å²) in [7, 11) is 3.40. The van der Waals surface area contributed by atoms with Crippen molar-refractivity contribution in [3.63, 3.8) is 0 Å². The fourth-order valence-corrected chi connectivity index (χ4v) is 5.00. The lowest BCUT2D eigenvalue weighted by Gasteiger charge is -2.15. The maximum absolute atomic E-state index is 5.37. The van der Waals surface area contributed by atoms with E-state index in [-0.39, 0.29) is 0 Å². The van der Waals surface area contributed by atoms with E-state index in [4.69, 9.17) is 9.47 Å². The molecule has 0 aromatic heterocycles. The molecule has 0 spiro atoms. The van der Waals surface area contributed by atoms with E-state index in [1.54, 1.807) is 14.2 Å². The predicted molar refractivity (Wildman–Crippen MR) is 143 cm³/mol. The molecule has 0 aliphatic heterocycles. The average molecular weight is 441 g/mol. The van der Waals surface area contributed by atoms with Gasteiger partial charge in [0, 0.05) is 0 Å². The van der Waals surface area contributed by atoms with E-state index in [9.17, 15) is 0 Å². The van der Waals surface area contributed by atoms with Crippen molar-refractivity contribution in [2.24, 2.45) is 0 Å². The molecule has 0 saturated heterocycles. The fourth-order valence-electron chi connectivity index (χ4n) is 5.00. The van der Waals surface area contributed by atoms with Gasteiger partial charge in [0.2, 0.25) is 0 Å². The van der Waals surface area contributed by atoms with Gasteiger partial charge in [-0.1, -0.05) is 84.9 Å². The van der Waals surface area contributed by atoms with Crippen molar-refractivity contribution in [2.45, 2.75) is 0 Å². The molecule has 0 aliphatic rings. The third kappa shape index (κ3) is 3.27. The zero-order valence-corrected chi connectivity index (χ0v) is 19.2. The number of methoxy groups -OCH3 is 2. The van der Waals surface area contributed by atoms with Crippen LogP contribution >= 0.6 is 0 Å². The highest BCUT2D eigenvalue weighted by molar-refractivity contribution is 6.23. The van der Waals surface area contributed by atoms with E-state index in [0.717, 1.165) is 11.5 Å². The van der Waals surface area contributed by atoms with Crippen LogP contribution < -0.4 is 9.47 Å². The highest BCUT2D eigenvalue weighted by Gasteiger charge is 2.13. The summed E-state index contributed by atoms with van der Waals surface area (Å²) in [5.41, 5.74) is 4.82. The Hall–Kier alpha value is -4.30. The van der Waals surface area contributed by atoms with Gasteiger partial charge in [-0.2, -0.15) is 0 Å². The van der Waals surface area contributed by atoms with E-state index in [2.05, 4.69) is 84.9 Å². The molecule has 0 heterocycles. The van der Waals surface area contributed by atoms with Crippen molar-refractivity contribution in [3.8, 4) is 33.8 Å². The van der Waals surface area contributed by atoms with Crippen LogP contribution in [0.3, 0.4) is 0 Å². The van der Waals surface area contributed by atoms with Gasteiger partial charge in [-0.3, -0.25) is 0 Å². The zero-order valence-electron chi connectivity index (χ0n) is 19.2. The smallest absolute Gasteiger partial charge is 0.118 e. The van der Waals surface area contributed by atoms with E-state index < -0.39 is 0 Å². The highest BCUT2D eigenvalue weighted by Crippen LogP contribution is 2.40. The highest BCUT2D eigenvalue weighted by atomic mass is 16.5. The molecular formula is C32H24O2. The monoisotopic (exact) mass is 440 g/mol. The van der Waals surface area contributed by atoms with Crippen molar-refractivity contribution in [3.05, 3.63) is 109 Å². The molecule has 0 fully saturated rings. The van der Waals surface area contributed by atoms with Crippen molar-refractivity contribution in [2.75, 3.05) is 14.2 Å². The van der Waals surface area contributed by atoms with Crippen LogP contribution in [-0.2, 0) is 0 Å². The van der Waals surface area contributed by atoms with Gasteiger partial charge in [-0.25, -0.2) is 0 Å². The molecule has 0 amide bonds. The first kappa shape index (κ1) is 20.3. The first-order valence-corrected chi connectivity index (χ1v) is 11.4. The quantitative estimate of drug-likeness (QED) is 0.256. The summed E-state index contributed by atoms with van der Waals surface area (Å²) >= 11 is 0. The first-order valence-electron chi connectivity index (χ1n) is 11.4. The van der Waals surface area contributed by atoms with Gasteiger partial charge in [0.1, 0.15) is 11.5 Å². The second-order valence-electron chi connectivity index (χ2n) is 8.49. The van der Waals surface area contributed by atoms with Gasteiger partial charge < -0.3 is 9.47 Å².